The summed E-state index contributed by atoms with van der Waals surface area (Å²) < 4.78 is 1.25. The first-order chi connectivity index (χ1) is 9.04. The minimum atomic E-state index is -0.985. The lowest BCUT2D eigenvalue weighted by molar-refractivity contribution is -0.136. The number of amides is 1. The number of aryl methyl sites for hydroxylation is 1. The molecule has 7 heteroatoms. The van der Waals surface area contributed by atoms with Crippen LogP contribution in [0.2, 0.25) is 0 Å². The van der Waals surface area contributed by atoms with E-state index >= 15 is 0 Å². The Morgan fingerprint density at radius 1 is 1.42 bits per heavy atom. The molecule has 0 radical (unpaired) electrons. The summed E-state index contributed by atoms with van der Waals surface area (Å²) in [5, 5.41) is 14.8. The summed E-state index contributed by atoms with van der Waals surface area (Å²) in [5.41, 5.74) is -0.142. The van der Waals surface area contributed by atoms with Crippen LogP contribution in [0.4, 0.5) is 0 Å². The molecule has 0 atom stereocenters. The number of carbonyl (C=O) groups excluding carboxylic acids is 1. The summed E-state index contributed by atoms with van der Waals surface area (Å²) in [5.74, 6) is -1.47. The second-order valence-corrected chi connectivity index (χ2v) is 4.03. The molecule has 1 amide bonds. The molecule has 2 N–H and O–H groups in total. The fraction of sp³-hybridized carbons (Fsp3) is 0.500. The molecule has 7 nitrogen and oxygen atoms in total. The maximum Gasteiger partial charge on any atom is 0.305 e. The first-order valence-electron chi connectivity index (χ1n) is 6.12. The van der Waals surface area contributed by atoms with Crippen LogP contribution >= 0.6 is 0 Å². The highest BCUT2D eigenvalue weighted by molar-refractivity contribution is 5.92. The van der Waals surface area contributed by atoms with Crippen molar-refractivity contribution in [3.63, 3.8) is 0 Å². The largest absolute Gasteiger partial charge is 0.481 e. The van der Waals surface area contributed by atoms with Crippen LogP contribution in [0.15, 0.2) is 16.9 Å². The highest BCUT2D eigenvalue weighted by atomic mass is 16.4. The highest BCUT2D eigenvalue weighted by Crippen LogP contribution is 1.94. The van der Waals surface area contributed by atoms with Crippen molar-refractivity contribution in [2.75, 3.05) is 6.54 Å². The zero-order chi connectivity index (χ0) is 14.3. The van der Waals surface area contributed by atoms with Gasteiger partial charge in [0, 0.05) is 19.2 Å². The van der Waals surface area contributed by atoms with Crippen LogP contribution in [0.5, 0.6) is 0 Å². The lowest BCUT2D eigenvalue weighted by Gasteiger charge is -2.06. The monoisotopic (exact) mass is 267 g/mol. The molecule has 0 saturated heterocycles. The van der Waals surface area contributed by atoms with Gasteiger partial charge in [0.05, 0.1) is 6.42 Å². The second kappa shape index (κ2) is 7.30. The van der Waals surface area contributed by atoms with Crippen LogP contribution in [0, 0.1) is 0 Å². The molecule has 1 rings (SSSR count). The number of aliphatic carboxylic acids is 1. The normalized spacial score (nSPS) is 10.2. The smallest absolute Gasteiger partial charge is 0.305 e. The zero-order valence-electron chi connectivity index (χ0n) is 10.8. The lowest BCUT2D eigenvalue weighted by atomic mass is 10.3. The van der Waals surface area contributed by atoms with Crippen molar-refractivity contribution in [2.45, 2.75) is 32.7 Å². The van der Waals surface area contributed by atoms with E-state index in [-0.39, 0.29) is 24.2 Å². The summed E-state index contributed by atoms with van der Waals surface area (Å²) in [6.07, 6.45) is 1.57. The van der Waals surface area contributed by atoms with Gasteiger partial charge >= 0.3 is 5.97 Å². The molecule has 0 aliphatic rings. The Morgan fingerprint density at radius 2 is 2.16 bits per heavy atom. The van der Waals surface area contributed by atoms with Gasteiger partial charge in [-0.1, -0.05) is 13.3 Å². The van der Waals surface area contributed by atoms with Crippen molar-refractivity contribution in [3.05, 3.63) is 28.2 Å². The third-order valence-corrected chi connectivity index (χ3v) is 2.45. The second-order valence-electron chi connectivity index (χ2n) is 4.03. The average molecular weight is 267 g/mol. The van der Waals surface area contributed by atoms with E-state index < -0.39 is 11.9 Å². The van der Waals surface area contributed by atoms with Crippen molar-refractivity contribution < 1.29 is 14.7 Å². The average Bonchev–Trinajstić information content (AvgIpc) is 2.37. The Hall–Kier alpha value is -2.18. The molecule has 0 unspecified atom stereocenters. The molecule has 0 aliphatic heterocycles. The van der Waals surface area contributed by atoms with Crippen LogP contribution in [0.1, 0.15) is 36.7 Å². The van der Waals surface area contributed by atoms with Gasteiger partial charge in [0.1, 0.15) is 5.69 Å². The molecule has 0 bridgehead atoms. The number of aromatic nitrogens is 2. The van der Waals surface area contributed by atoms with Gasteiger partial charge in [0.25, 0.3) is 11.5 Å². The quantitative estimate of drug-likeness (QED) is 0.737. The number of rotatable bonds is 7. The fourth-order valence-corrected chi connectivity index (χ4v) is 1.41. The van der Waals surface area contributed by atoms with E-state index in [1.165, 1.54) is 16.8 Å². The maximum atomic E-state index is 11.7. The lowest BCUT2D eigenvalue weighted by Crippen LogP contribution is -2.30. The standard InChI is InChI=1S/C12H17N3O4/c1-2-3-8-15-10(16)5-4-9(14-15)12(19)13-7-6-11(17)18/h4-5H,2-3,6-8H2,1H3,(H,13,19)(H,17,18). The topological polar surface area (TPSA) is 101 Å². The Bertz CT molecular complexity index is 510. The highest BCUT2D eigenvalue weighted by Gasteiger charge is 2.09. The minimum Gasteiger partial charge on any atom is -0.481 e. The van der Waals surface area contributed by atoms with Crippen LogP contribution in [-0.4, -0.2) is 33.3 Å². The molecule has 0 fully saturated rings. The summed E-state index contributed by atoms with van der Waals surface area (Å²) in [6, 6.07) is 2.62. The van der Waals surface area contributed by atoms with Crippen molar-refractivity contribution in [1.29, 1.82) is 0 Å². The predicted molar refractivity (Wildman–Crippen MR) is 68.0 cm³/mol. The van der Waals surface area contributed by atoms with Gasteiger partial charge < -0.3 is 10.4 Å². The Kier molecular flexibility index (Phi) is 5.72. The molecular formula is C12H17N3O4. The van der Waals surface area contributed by atoms with E-state index in [2.05, 4.69) is 10.4 Å². The van der Waals surface area contributed by atoms with Gasteiger partial charge in [0.15, 0.2) is 0 Å². The third kappa shape index (κ3) is 4.90. The number of nitrogens with one attached hydrogen (secondary N) is 1. The molecule has 0 spiro atoms. The molecule has 0 aliphatic carbocycles. The molecule has 104 valence electrons. The molecule has 1 heterocycles. The number of unbranched alkanes of at least 4 members (excludes halogenated alkanes) is 1. The zero-order valence-corrected chi connectivity index (χ0v) is 10.8. The van der Waals surface area contributed by atoms with Crippen LogP contribution in [0.25, 0.3) is 0 Å². The van der Waals surface area contributed by atoms with Crippen LogP contribution in [-0.2, 0) is 11.3 Å². The summed E-state index contributed by atoms with van der Waals surface area (Å²) in [4.78, 5) is 33.5. The Labute approximate surface area is 110 Å². The van der Waals surface area contributed by atoms with Crippen LogP contribution < -0.4 is 10.9 Å². The van der Waals surface area contributed by atoms with Gasteiger partial charge in [-0.3, -0.25) is 14.4 Å². The van der Waals surface area contributed by atoms with Gasteiger partial charge in [-0.05, 0) is 12.5 Å². The molecule has 19 heavy (non-hydrogen) atoms. The number of nitrogens with zero attached hydrogens (tertiary/aromatic N) is 2. The first kappa shape index (κ1) is 14.9. The van der Waals surface area contributed by atoms with Gasteiger partial charge in [-0.15, -0.1) is 0 Å². The number of carboxylic acid groups (broad SMARTS) is 1. The van der Waals surface area contributed by atoms with E-state index in [4.69, 9.17) is 5.11 Å². The first-order valence-corrected chi connectivity index (χ1v) is 6.12. The molecule has 1 aromatic heterocycles. The SMILES string of the molecule is CCCCn1nc(C(=O)NCCC(=O)O)ccc1=O. The van der Waals surface area contributed by atoms with E-state index in [9.17, 15) is 14.4 Å². The number of carbonyl (C=O) groups is 2. The molecule has 0 aromatic carbocycles. The molecule has 0 saturated carbocycles. The summed E-state index contributed by atoms with van der Waals surface area (Å²) in [7, 11) is 0. The van der Waals surface area contributed by atoms with Gasteiger partial charge in [-0.25, -0.2) is 4.68 Å². The number of hydrogen-bond donors (Lipinski definition) is 2. The number of carboxylic acids is 1. The van der Waals surface area contributed by atoms with Crippen molar-refractivity contribution in [1.82, 2.24) is 15.1 Å². The van der Waals surface area contributed by atoms with Gasteiger partial charge in [0.2, 0.25) is 0 Å². The summed E-state index contributed by atoms with van der Waals surface area (Å²) >= 11 is 0. The predicted octanol–water partition coefficient (Wildman–Crippen LogP) is 0.248. The third-order valence-electron chi connectivity index (χ3n) is 2.45. The van der Waals surface area contributed by atoms with Crippen molar-refractivity contribution in [3.8, 4) is 0 Å². The van der Waals surface area contributed by atoms with Crippen molar-refractivity contribution in [2.24, 2.45) is 0 Å². The minimum absolute atomic E-state index is 0.0317. The van der Waals surface area contributed by atoms with Crippen molar-refractivity contribution >= 4 is 11.9 Å². The Morgan fingerprint density at radius 3 is 2.79 bits per heavy atom. The van der Waals surface area contributed by atoms with E-state index in [0.717, 1.165) is 12.8 Å². The number of hydrogen-bond acceptors (Lipinski definition) is 4. The maximum absolute atomic E-state index is 11.7. The molecular weight excluding hydrogens is 250 g/mol. The van der Waals surface area contributed by atoms with E-state index in [0.29, 0.717) is 6.54 Å². The van der Waals surface area contributed by atoms with E-state index in [1.54, 1.807) is 0 Å². The molecule has 1 aromatic rings. The van der Waals surface area contributed by atoms with E-state index in [1.807, 2.05) is 6.92 Å². The van der Waals surface area contributed by atoms with Gasteiger partial charge in [-0.2, -0.15) is 5.10 Å². The Balaban J connectivity index is 2.69. The fourth-order valence-electron chi connectivity index (χ4n) is 1.41. The van der Waals surface area contributed by atoms with Crippen LogP contribution in [0.3, 0.4) is 0 Å². The summed E-state index contributed by atoms with van der Waals surface area (Å²) in [6.45, 7) is 2.49.